The van der Waals surface area contributed by atoms with Crippen LogP contribution >= 0.6 is 0 Å². The molecule has 1 heteroatoms. The summed E-state index contributed by atoms with van der Waals surface area (Å²) in [5.74, 6) is 0. The molecule has 0 spiro atoms. The van der Waals surface area contributed by atoms with Crippen molar-refractivity contribution in [2.24, 2.45) is 5.41 Å². The predicted molar refractivity (Wildman–Crippen MR) is 44.5 cm³/mol. The van der Waals surface area contributed by atoms with E-state index in [4.69, 9.17) is 5.41 Å². The zero-order valence-electron chi connectivity index (χ0n) is 6.83. The van der Waals surface area contributed by atoms with E-state index in [0.717, 1.165) is 30.5 Å². The van der Waals surface area contributed by atoms with Crippen molar-refractivity contribution in [3.63, 3.8) is 0 Å². The molecule has 0 saturated heterocycles. The first-order valence-electron chi connectivity index (χ1n) is 3.77. The molecule has 0 bridgehead atoms. The summed E-state index contributed by atoms with van der Waals surface area (Å²) in [5.41, 5.74) is 2.19. The van der Waals surface area contributed by atoms with Gasteiger partial charge in [0, 0.05) is 5.71 Å². The summed E-state index contributed by atoms with van der Waals surface area (Å²) < 4.78 is 0. The zero-order valence-corrected chi connectivity index (χ0v) is 6.83. The second-order valence-electron chi connectivity index (χ2n) is 3.92. The quantitative estimate of drug-likeness (QED) is 0.531. The number of hydrogen-bond acceptors (Lipinski definition) is 1. The van der Waals surface area contributed by atoms with Crippen LogP contribution in [0.5, 0.6) is 0 Å². The summed E-state index contributed by atoms with van der Waals surface area (Å²) in [6.45, 7) is 8.35. The number of allylic oxidation sites excluding steroid dienone is 1. The SMILES string of the molecule is C=C1CC(C)(C)CCC1=N. The van der Waals surface area contributed by atoms with Crippen LogP contribution in [0.25, 0.3) is 0 Å². The highest BCUT2D eigenvalue weighted by atomic mass is 14.5. The van der Waals surface area contributed by atoms with E-state index in [-0.39, 0.29) is 0 Å². The molecule has 0 amide bonds. The van der Waals surface area contributed by atoms with Gasteiger partial charge in [-0.25, -0.2) is 0 Å². The van der Waals surface area contributed by atoms with E-state index >= 15 is 0 Å². The lowest BCUT2D eigenvalue weighted by Gasteiger charge is -2.30. The molecule has 0 atom stereocenters. The molecular formula is C9H15N. The molecule has 1 aliphatic carbocycles. The van der Waals surface area contributed by atoms with Gasteiger partial charge in [0.1, 0.15) is 0 Å². The summed E-state index contributed by atoms with van der Waals surface area (Å²) in [6, 6.07) is 0. The molecule has 0 aromatic rings. The Bertz CT molecular complexity index is 177. The molecule has 1 N–H and O–H groups in total. The van der Waals surface area contributed by atoms with Gasteiger partial charge in [0.05, 0.1) is 0 Å². The third kappa shape index (κ3) is 1.47. The van der Waals surface area contributed by atoms with Gasteiger partial charge in [-0.2, -0.15) is 0 Å². The van der Waals surface area contributed by atoms with Gasteiger partial charge in [0.25, 0.3) is 0 Å². The van der Waals surface area contributed by atoms with E-state index in [1.807, 2.05) is 0 Å². The maximum Gasteiger partial charge on any atom is 0.0340 e. The highest BCUT2D eigenvalue weighted by Gasteiger charge is 2.25. The average Bonchev–Trinajstić information content (AvgIpc) is 1.79. The van der Waals surface area contributed by atoms with Gasteiger partial charge in [-0.3, -0.25) is 0 Å². The summed E-state index contributed by atoms with van der Waals surface area (Å²) in [4.78, 5) is 0. The molecule has 0 unspecified atom stereocenters. The van der Waals surface area contributed by atoms with Crippen molar-refractivity contribution < 1.29 is 0 Å². The van der Waals surface area contributed by atoms with Crippen LogP contribution in [0.3, 0.4) is 0 Å². The topological polar surface area (TPSA) is 23.9 Å². The van der Waals surface area contributed by atoms with Crippen LogP contribution in [-0.4, -0.2) is 5.71 Å². The second kappa shape index (κ2) is 2.22. The molecule has 56 valence electrons. The van der Waals surface area contributed by atoms with Crippen molar-refractivity contribution >= 4 is 5.71 Å². The van der Waals surface area contributed by atoms with E-state index in [9.17, 15) is 0 Å². The van der Waals surface area contributed by atoms with Crippen LogP contribution in [0.1, 0.15) is 33.1 Å². The van der Waals surface area contributed by atoms with E-state index < -0.39 is 0 Å². The smallest absolute Gasteiger partial charge is 0.0340 e. The van der Waals surface area contributed by atoms with Crippen molar-refractivity contribution in [2.45, 2.75) is 33.1 Å². The minimum Gasteiger partial charge on any atom is -0.305 e. The third-order valence-corrected chi connectivity index (χ3v) is 2.17. The fourth-order valence-electron chi connectivity index (χ4n) is 1.41. The molecule has 0 aromatic carbocycles. The minimum atomic E-state index is 0.391. The van der Waals surface area contributed by atoms with Crippen molar-refractivity contribution in [3.05, 3.63) is 12.2 Å². The van der Waals surface area contributed by atoms with E-state index in [1.54, 1.807) is 0 Å². The van der Waals surface area contributed by atoms with Crippen molar-refractivity contribution in [3.8, 4) is 0 Å². The van der Waals surface area contributed by atoms with Gasteiger partial charge in [0.2, 0.25) is 0 Å². The molecule has 0 heterocycles. The van der Waals surface area contributed by atoms with Crippen LogP contribution < -0.4 is 0 Å². The zero-order chi connectivity index (χ0) is 7.78. The first kappa shape index (κ1) is 7.52. The Labute approximate surface area is 62.6 Å². The van der Waals surface area contributed by atoms with E-state index in [1.165, 1.54) is 0 Å². The van der Waals surface area contributed by atoms with Gasteiger partial charge in [0.15, 0.2) is 0 Å². The molecule has 1 saturated carbocycles. The Hall–Kier alpha value is -0.590. The van der Waals surface area contributed by atoms with E-state index in [2.05, 4.69) is 20.4 Å². The number of nitrogens with one attached hydrogen (secondary N) is 1. The molecule has 10 heavy (non-hydrogen) atoms. The molecule has 1 nitrogen and oxygen atoms in total. The van der Waals surface area contributed by atoms with Crippen LogP contribution in [0.4, 0.5) is 0 Å². The predicted octanol–water partition coefficient (Wildman–Crippen LogP) is 2.77. The van der Waals surface area contributed by atoms with Gasteiger partial charge < -0.3 is 5.41 Å². The maximum atomic E-state index is 7.47. The maximum absolute atomic E-state index is 7.47. The minimum absolute atomic E-state index is 0.391. The highest BCUT2D eigenvalue weighted by Crippen LogP contribution is 2.35. The second-order valence-corrected chi connectivity index (χ2v) is 3.92. The van der Waals surface area contributed by atoms with Gasteiger partial charge in [-0.1, -0.05) is 20.4 Å². The van der Waals surface area contributed by atoms with Crippen LogP contribution in [0.15, 0.2) is 12.2 Å². The summed E-state index contributed by atoms with van der Waals surface area (Å²) in [7, 11) is 0. The first-order valence-corrected chi connectivity index (χ1v) is 3.77. The summed E-state index contributed by atoms with van der Waals surface area (Å²) in [6.07, 6.45) is 3.07. The molecule has 1 fully saturated rings. The van der Waals surface area contributed by atoms with Crippen molar-refractivity contribution in [1.82, 2.24) is 0 Å². The normalized spacial score (nSPS) is 25.0. The molecule has 0 aliphatic heterocycles. The Morgan fingerprint density at radius 2 is 2.10 bits per heavy atom. The average molecular weight is 137 g/mol. The Kier molecular flexibility index (Phi) is 1.67. The van der Waals surface area contributed by atoms with Gasteiger partial charge in [-0.05, 0) is 30.3 Å². The standard InChI is InChI=1S/C9H15N/c1-7-6-9(2,3)5-4-8(7)10/h10H,1,4-6H2,2-3H3. The number of rotatable bonds is 0. The van der Waals surface area contributed by atoms with E-state index in [0.29, 0.717) is 5.41 Å². The summed E-state index contributed by atoms with van der Waals surface area (Å²) in [5, 5.41) is 7.47. The van der Waals surface area contributed by atoms with Crippen molar-refractivity contribution in [1.29, 1.82) is 5.41 Å². The molecular weight excluding hydrogens is 122 g/mol. The fourth-order valence-corrected chi connectivity index (χ4v) is 1.41. The third-order valence-electron chi connectivity index (χ3n) is 2.17. The molecule has 0 radical (unpaired) electrons. The highest BCUT2D eigenvalue weighted by molar-refractivity contribution is 5.97. The Morgan fingerprint density at radius 1 is 1.50 bits per heavy atom. The Balaban J connectivity index is 2.66. The Morgan fingerprint density at radius 3 is 2.50 bits per heavy atom. The molecule has 0 aromatic heterocycles. The summed E-state index contributed by atoms with van der Waals surface area (Å²) >= 11 is 0. The monoisotopic (exact) mass is 137 g/mol. The largest absolute Gasteiger partial charge is 0.305 e. The number of hydrogen-bond donors (Lipinski definition) is 1. The first-order chi connectivity index (χ1) is 4.51. The lowest BCUT2D eigenvalue weighted by molar-refractivity contribution is 0.330. The molecule has 1 aliphatic rings. The lowest BCUT2D eigenvalue weighted by Crippen LogP contribution is -2.22. The fraction of sp³-hybridized carbons (Fsp3) is 0.667. The lowest BCUT2D eigenvalue weighted by atomic mass is 9.75. The van der Waals surface area contributed by atoms with Crippen LogP contribution in [0, 0.1) is 10.8 Å². The van der Waals surface area contributed by atoms with Gasteiger partial charge in [-0.15, -0.1) is 0 Å². The molecule has 1 rings (SSSR count). The van der Waals surface area contributed by atoms with Crippen LogP contribution in [0.2, 0.25) is 0 Å². The van der Waals surface area contributed by atoms with Crippen molar-refractivity contribution in [2.75, 3.05) is 0 Å². The van der Waals surface area contributed by atoms with Crippen LogP contribution in [-0.2, 0) is 0 Å². The van der Waals surface area contributed by atoms with Gasteiger partial charge >= 0.3 is 0 Å².